The van der Waals surface area contributed by atoms with Crippen LogP contribution in [-0.4, -0.2) is 57.3 Å². The Labute approximate surface area is 155 Å². The maximum Gasteiger partial charge on any atom is 0.228 e. The summed E-state index contributed by atoms with van der Waals surface area (Å²) in [6, 6.07) is 7.17. The van der Waals surface area contributed by atoms with Crippen molar-refractivity contribution in [2.45, 2.75) is 32.8 Å². The molecule has 8 heteroatoms. The van der Waals surface area contributed by atoms with Crippen molar-refractivity contribution < 1.29 is 22.7 Å². The van der Waals surface area contributed by atoms with Gasteiger partial charge in [-0.2, -0.15) is 0 Å². The van der Waals surface area contributed by atoms with E-state index < -0.39 is 10.0 Å². The predicted molar refractivity (Wildman–Crippen MR) is 101 cm³/mol. The van der Waals surface area contributed by atoms with E-state index in [2.05, 4.69) is 5.32 Å². The van der Waals surface area contributed by atoms with Crippen molar-refractivity contribution in [2.75, 3.05) is 37.9 Å². The second-order valence-electron chi connectivity index (χ2n) is 6.69. The van der Waals surface area contributed by atoms with E-state index in [0.29, 0.717) is 25.1 Å². The summed E-state index contributed by atoms with van der Waals surface area (Å²) < 4.78 is 36.4. The third-order valence-corrected chi connectivity index (χ3v) is 5.99. The van der Waals surface area contributed by atoms with Crippen LogP contribution in [0.15, 0.2) is 24.3 Å². The molecule has 1 aliphatic rings. The van der Waals surface area contributed by atoms with E-state index in [9.17, 15) is 13.2 Å². The predicted octanol–water partition coefficient (Wildman–Crippen LogP) is 2.10. The molecule has 1 aromatic carbocycles. The summed E-state index contributed by atoms with van der Waals surface area (Å²) in [7, 11) is -1.92. The summed E-state index contributed by atoms with van der Waals surface area (Å²) in [5.74, 6) is 0.169. The van der Waals surface area contributed by atoms with Crippen molar-refractivity contribution in [1.82, 2.24) is 4.31 Å². The molecular weight excluding hydrogens is 356 g/mol. The van der Waals surface area contributed by atoms with Crippen LogP contribution in [0.25, 0.3) is 0 Å². The molecule has 1 N–H and O–H groups in total. The molecule has 146 valence electrons. The molecule has 0 radical (unpaired) electrons. The molecule has 1 unspecified atom stereocenters. The highest BCUT2D eigenvalue weighted by Gasteiger charge is 2.32. The molecule has 1 heterocycles. The number of carbonyl (C=O) groups excluding carboxylic acids is 1. The van der Waals surface area contributed by atoms with Gasteiger partial charge in [-0.3, -0.25) is 4.79 Å². The standard InChI is InChI=1S/C18H28N2O5S/c1-14(2)25-17-8-6-16(7-9-17)19-18(21)15-5-4-10-20(13-15)26(22,23)12-11-24-3/h6-9,14-15H,4-5,10-13H2,1-3H3,(H,19,21). The molecule has 1 saturated heterocycles. The van der Waals surface area contributed by atoms with Crippen LogP contribution in [0.5, 0.6) is 5.75 Å². The molecule has 1 aliphatic heterocycles. The molecule has 1 fully saturated rings. The first-order valence-corrected chi connectivity index (χ1v) is 10.5. The molecule has 1 aromatic rings. The number of anilines is 1. The Hall–Kier alpha value is -1.64. The Morgan fingerprint density at radius 2 is 2.00 bits per heavy atom. The highest BCUT2D eigenvalue weighted by molar-refractivity contribution is 7.89. The topological polar surface area (TPSA) is 84.9 Å². The van der Waals surface area contributed by atoms with Crippen LogP contribution in [0, 0.1) is 5.92 Å². The number of rotatable bonds is 8. The molecule has 0 spiro atoms. The zero-order valence-corrected chi connectivity index (χ0v) is 16.4. The Bertz CT molecular complexity index is 688. The third kappa shape index (κ3) is 5.96. The van der Waals surface area contributed by atoms with Crippen LogP contribution in [-0.2, 0) is 19.6 Å². The maximum absolute atomic E-state index is 12.5. The number of piperidine rings is 1. The number of sulfonamides is 1. The Balaban J connectivity index is 1.94. The average molecular weight is 384 g/mol. The lowest BCUT2D eigenvalue weighted by molar-refractivity contribution is -0.120. The van der Waals surface area contributed by atoms with Gasteiger partial charge in [-0.05, 0) is 51.0 Å². The Morgan fingerprint density at radius 1 is 1.31 bits per heavy atom. The number of hydrogen-bond acceptors (Lipinski definition) is 5. The smallest absolute Gasteiger partial charge is 0.228 e. The van der Waals surface area contributed by atoms with Gasteiger partial charge in [0.25, 0.3) is 0 Å². The van der Waals surface area contributed by atoms with Crippen molar-refractivity contribution in [2.24, 2.45) is 5.92 Å². The Kier molecular flexibility index (Phi) is 7.43. The number of hydrogen-bond donors (Lipinski definition) is 1. The third-order valence-electron chi connectivity index (χ3n) is 4.19. The van der Waals surface area contributed by atoms with E-state index in [1.807, 2.05) is 13.8 Å². The SMILES string of the molecule is COCCS(=O)(=O)N1CCCC(C(=O)Nc2ccc(OC(C)C)cc2)C1. The molecule has 0 bridgehead atoms. The lowest BCUT2D eigenvalue weighted by Crippen LogP contribution is -2.45. The minimum atomic E-state index is -3.39. The van der Waals surface area contributed by atoms with Gasteiger partial charge in [0, 0.05) is 25.9 Å². The number of nitrogens with zero attached hydrogens (tertiary/aromatic N) is 1. The van der Waals surface area contributed by atoms with Crippen molar-refractivity contribution in [3.8, 4) is 5.75 Å². The first-order valence-electron chi connectivity index (χ1n) is 8.86. The highest BCUT2D eigenvalue weighted by Crippen LogP contribution is 2.22. The lowest BCUT2D eigenvalue weighted by Gasteiger charge is -2.31. The summed E-state index contributed by atoms with van der Waals surface area (Å²) in [4.78, 5) is 12.5. The largest absolute Gasteiger partial charge is 0.491 e. The van der Waals surface area contributed by atoms with E-state index >= 15 is 0 Å². The van der Waals surface area contributed by atoms with Crippen LogP contribution >= 0.6 is 0 Å². The quantitative estimate of drug-likeness (QED) is 0.742. The van der Waals surface area contributed by atoms with Gasteiger partial charge in [-0.25, -0.2) is 12.7 Å². The average Bonchev–Trinajstić information content (AvgIpc) is 2.61. The molecular formula is C18H28N2O5S. The zero-order valence-electron chi connectivity index (χ0n) is 15.6. The Morgan fingerprint density at radius 3 is 2.62 bits per heavy atom. The normalized spacial score (nSPS) is 18.7. The van der Waals surface area contributed by atoms with Crippen molar-refractivity contribution in [3.05, 3.63) is 24.3 Å². The number of ether oxygens (including phenoxy) is 2. The lowest BCUT2D eigenvalue weighted by atomic mass is 9.99. The van der Waals surface area contributed by atoms with Gasteiger partial charge in [0.05, 0.1) is 24.4 Å². The molecule has 2 rings (SSSR count). The number of methoxy groups -OCH3 is 1. The molecule has 1 amide bonds. The number of amides is 1. The monoisotopic (exact) mass is 384 g/mol. The van der Waals surface area contributed by atoms with Crippen LogP contribution in [0.3, 0.4) is 0 Å². The van der Waals surface area contributed by atoms with Crippen molar-refractivity contribution >= 4 is 21.6 Å². The van der Waals surface area contributed by atoms with E-state index in [0.717, 1.165) is 5.75 Å². The molecule has 26 heavy (non-hydrogen) atoms. The van der Waals surface area contributed by atoms with Gasteiger partial charge >= 0.3 is 0 Å². The van der Waals surface area contributed by atoms with Crippen molar-refractivity contribution in [1.29, 1.82) is 0 Å². The maximum atomic E-state index is 12.5. The summed E-state index contributed by atoms with van der Waals surface area (Å²) in [6.07, 6.45) is 1.44. The number of carbonyl (C=O) groups is 1. The highest BCUT2D eigenvalue weighted by atomic mass is 32.2. The summed E-state index contributed by atoms with van der Waals surface area (Å²) in [5.41, 5.74) is 0.672. The zero-order chi connectivity index (χ0) is 19.2. The van der Waals surface area contributed by atoms with Crippen LogP contribution in [0.4, 0.5) is 5.69 Å². The van der Waals surface area contributed by atoms with Crippen LogP contribution in [0.1, 0.15) is 26.7 Å². The second kappa shape index (κ2) is 9.34. The minimum Gasteiger partial charge on any atom is -0.491 e. The fraction of sp³-hybridized carbons (Fsp3) is 0.611. The van der Waals surface area contributed by atoms with E-state index in [1.54, 1.807) is 24.3 Å². The van der Waals surface area contributed by atoms with Gasteiger partial charge in [0.15, 0.2) is 0 Å². The minimum absolute atomic E-state index is 0.0604. The second-order valence-corrected chi connectivity index (χ2v) is 8.77. The van der Waals surface area contributed by atoms with Gasteiger partial charge in [0.2, 0.25) is 15.9 Å². The first kappa shape index (κ1) is 20.7. The van der Waals surface area contributed by atoms with Gasteiger partial charge in [-0.15, -0.1) is 0 Å². The first-order chi connectivity index (χ1) is 12.3. The molecule has 1 atom stereocenters. The van der Waals surface area contributed by atoms with Gasteiger partial charge in [-0.1, -0.05) is 0 Å². The summed E-state index contributed by atoms with van der Waals surface area (Å²) in [6.45, 7) is 4.72. The molecule has 7 nitrogen and oxygen atoms in total. The molecule has 0 aromatic heterocycles. The number of nitrogens with one attached hydrogen (secondary N) is 1. The van der Waals surface area contributed by atoms with E-state index in [4.69, 9.17) is 9.47 Å². The summed E-state index contributed by atoms with van der Waals surface area (Å²) in [5, 5.41) is 2.87. The van der Waals surface area contributed by atoms with E-state index in [-0.39, 0.29) is 36.8 Å². The van der Waals surface area contributed by atoms with Gasteiger partial charge in [0.1, 0.15) is 5.75 Å². The van der Waals surface area contributed by atoms with Crippen LogP contribution < -0.4 is 10.1 Å². The van der Waals surface area contributed by atoms with Crippen LogP contribution in [0.2, 0.25) is 0 Å². The van der Waals surface area contributed by atoms with Gasteiger partial charge < -0.3 is 14.8 Å². The van der Waals surface area contributed by atoms with E-state index in [1.165, 1.54) is 11.4 Å². The molecule has 0 aliphatic carbocycles. The molecule has 0 saturated carbocycles. The fourth-order valence-corrected chi connectivity index (χ4v) is 4.31. The summed E-state index contributed by atoms with van der Waals surface area (Å²) >= 11 is 0. The van der Waals surface area contributed by atoms with Crippen molar-refractivity contribution in [3.63, 3.8) is 0 Å². The fourth-order valence-electron chi connectivity index (χ4n) is 2.86. The number of benzene rings is 1.